The summed E-state index contributed by atoms with van der Waals surface area (Å²) < 4.78 is 6.55. The zero-order valence-electron chi connectivity index (χ0n) is 13.4. The molecule has 0 atom stereocenters. The van der Waals surface area contributed by atoms with Crippen molar-refractivity contribution in [2.75, 3.05) is 13.2 Å². The third-order valence-electron chi connectivity index (χ3n) is 4.78. The lowest BCUT2D eigenvalue weighted by molar-refractivity contribution is -0.384. The second-order valence-electron chi connectivity index (χ2n) is 6.35. The molecule has 8 heteroatoms. The SMILES string of the molecule is O=c1oc2ccc([N+](=O)[O-])cc2n1CCCNC1(CO)CCCC1. The summed E-state index contributed by atoms with van der Waals surface area (Å²) in [5.74, 6) is -0.511. The van der Waals surface area contributed by atoms with Gasteiger partial charge < -0.3 is 14.8 Å². The molecule has 0 radical (unpaired) electrons. The van der Waals surface area contributed by atoms with Gasteiger partial charge in [0.05, 0.1) is 17.0 Å². The van der Waals surface area contributed by atoms with Crippen molar-refractivity contribution in [3.63, 3.8) is 0 Å². The molecular weight excluding hydrogens is 314 g/mol. The highest BCUT2D eigenvalue weighted by atomic mass is 16.6. The van der Waals surface area contributed by atoms with E-state index in [1.807, 2.05) is 0 Å². The lowest BCUT2D eigenvalue weighted by atomic mass is 9.99. The number of nitro benzene ring substituents is 1. The Hall–Kier alpha value is -2.19. The van der Waals surface area contributed by atoms with Gasteiger partial charge >= 0.3 is 5.76 Å². The molecule has 1 aromatic heterocycles. The smallest absolute Gasteiger partial charge is 0.408 e. The summed E-state index contributed by atoms with van der Waals surface area (Å²) >= 11 is 0. The maximum Gasteiger partial charge on any atom is 0.419 e. The van der Waals surface area contributed by atoms with Crippen molar-refractivity contribution in [3.05, 3.63) is 38.9 Å². The van der Waals surface area contributed by atoms with Gasteiger partial charge in [0.2, 0.25) is 0 Å². The highest BCUT2D eigenvalue weighted by Gasteiger charge is 2.32. The number of aryl methyl sites for hydroxylation is 1. The Morgan fingerprint density at radius 1 is 1.38 bits per heavy atom. The van der Waals surface area contributed by atoms with E-state index in [0.29, 0.717) is 30.6 Å². The Morgan fingerprint density at radius 2 is 2.12 bits per heavy atom. The molecule has 3 rings (SSSR count). The Kier molecular flexibility index (Phi) is 4.68. The van der Waals surface area contributed by atoms with Crippen molar-refractivity contribution in [3.8, 4) is 0 Å². The van der Waals surface area contributed by atoms with Crippen LogP contribution in [0.25, 0.3) is 11.1 Å². The Bertz CT molecular complexity index is 789. The van der Waals surface area contributed by atoms with Crippen LogP contribution in [0.4, 0.5) is 5.69 Å². The van der Waals surface area contributed by atoms with E-state index in [9.17, 15) is 20.0 Å². The van der Waals surface area contributed by atoms with E-state index in [2.05, 4.69) is 5.32 Å². The number of benzene rings is 1. The topological polar surface area (TPSA) is 111 Å². The third kappa shape index (κ3) is 3.20. The standard InChI is InChI=1S/C16H21N3O5/c20-11-16(6-1-2-7-16)17-8-3-9-18-13-10-12(19(22)23)4-5-14(13)24-15(18)21/h4-5,10,17,20H,1-3,6-9,11H2. The summed E-state index contributed by atoms with van der Waals surface area (Å²) in [6.45, 7) is 1.18. The van der Waals surface area contributed by atoms with E-state index in [1.165, 1.54) is 22.8 Å². The fourth-order valence-electron chi connectivity index (χ4n) is 3.41. The molecule has 1 aliphatic rings. The zero-order valence-corrected chi connectivity index (χ0v) is 13.4. The summed E-state index contributed by atoms with van der Waals surface area (Å²) in [6, 6.07) is 4.13. The zero-order chi connectivity index (χ0) is 17.2. The van der Waals surface area contributed by atoms with E-state index in [4.69, 9.17) is 4.42 Å². The number of nitrogens with one attached hydrogen (secondary N) is 1. The Labute approximate surface area is 138 Å². The van der Waals surface area contributed by atoms with E-state index in [0.717, 1.165) is 25.7 Å². The molecule has 0 unspecified atom stereocenters. The fourth-order valence-corrected chi connectivity index (χ4v) is 3.41. The molecular formula is C16H21N3O5. The average Bonchev–Trinajstić information content (AvgIpc) is 3.16. The number of oxazole rings is 1. The second kappa shape index (κ2) is 6.74. The molecule has 1 aliphatic carbocycles. The molecule has 2 aromatic rings. The van der Waals surface area contributed by atoms with Gasteiger partial charge in [0.15, 0.2) is 5.58 Å². The van der Waals surface area contributed by atoms with Crippen LogP contribution < -0.4 is 11.1 Å². The molecule has 2 N–H and O–H groups in total. The minimum Gasteiger partial charge on any atom is -0.408 e. The van der Waals surface area contributed by atoms with Gasteiger partial charge in [-0.3, -0.25) is 14.7 Å². The molecule has 0 amide bonds. The van der Waals surface area contributed by atoms with Crippen molar-refractivity contribution in [1.29, 1.82) is 0 Å². The molecule has 0 aliphatic heterocycles. The lowest BCUT2D eigenvalue weighted by Crippen LogP contribution is -2.46. The summed E-state index contributed by atoms with van der Waals surface area (Å²) in [7, 11) is 0. The average molecular weight is 335 g/mol. The summed E-state index contributed by atoms with van der Waals surface area (Å²) in [4.78, 5) is 22.4. The van der Waals surface area contributed by atoms with Gasteiger partial charge in [-0.2, -0.15) is 0 Å². The summed E-state index contributed by atoms with van der Waals surface area (Å²) in [5.41, 5.74) is 0.524. The Balaban J connectivity index is 1.68. The highest BCUT2D eigenvalue weighted by molar-refractivity contribution is 5.75. The van der Waals surface area contributed by atoms with Gasteiger partial charge in [-0.25, -0.2) is 4.79 Å². The first-order valence-corrected chi connectivity index (χ1v) is 8.18. The molecule has 1 heterocycles. The van der Waals surface area contributed by atoms with E-state index in [-0.39, 0.29) is 17.8 Å². The van der Waals surface area contributed by atoms with E-state index < -0.39 is 10.7 Å². The Morgan fingerprint density at radius 3 is 2.79 bits per heavy atom. The number of nitro groups is 1. The quantitative estimate of drug-likeness (QED) is 0.453. The predicted molar refractivity (Wildman–Crippen MR) is 88.0 cm³/mol. The maximum atomic E-state index is 12.0. The van der Waals surface area contributed by atoms with Crippen LogP contribution >= 0.6 is 0 Å². The first-order chi connectivity index (χ1) is 11.5. The molecule has 8 nitrogen and oxygen atoms in total. The highest BCUT2D eigenvalue weighted by Crippen LogP contribution is 2.29. The number of hydrogen-bond donors (Lipinski definition) is 2. The first-order valence-electron chi connectivity index (χ1n) is 8.18. The molecule has 0 bridgehead atoms. The minimum absolute atomic E-state index is 0.0691. The molecule has 1 fully saturated rings. The van der Waals surface area contributed by atoms with Gasteiger partial charge in [0, 0.05) is 24.2 Å². The third-order valence-corrected chi connectivity index (χ3v) is 4.78. The van der Waals surface area contributed by atoms with E-state index >= 15 is 0 Å². The van der Waals surface area contributed by atoms with Crippen molar-refractivity contribution in [1.82, 2.24) is 9.88 Å². The molecule has 1 saturated carbocycles. The number of hydrogen-bond acceptors (Lipinski definition) is 6. The van der Waals surface area contributed by atoms with E-state index in [1.54, 1.807) is 0 Å². The molecule has 130 valence electrons. The van der Waals surface area contributed by atoms with Crippen LogP contribution in [0.5, 0.6) is 0 Å². The van der Waals surface area contributed by atoms with Crippen LogP contribution in [-0.2, 0) is 6.54 Å². The van der Waals surface area contributed by atoms with Gasteiger partial charge in [-0.15, -0.1) is 0 Å². The number of aromatic nitrogens is 1. The monoisotopic (exact) mass is 335 g/mol. The maximum absolute atomic E-state index is 12.0. The number of non-ortho nitro benzene ring substituents is 1. The van der Waals surface area contributed by atoms with Gasteiger partial charge in [-0.1, -0.05) is 12.8 Å². The lowest BCUT2D eigenvalue weighted by Gasteiger charge is -2.28. The number of aliphatic hydroxyl groups is 1. The normalized spacial score (nSPS) is 16.7. The number of fused-ring (bicyclic) bond motifs is 1. The van der Waals surface area contributed by atoms with Gasteiger partial charge in [0.1, 0.15) is 0 Å². The molecule has 24 heavy (non-hydrogen) atoms. The van der Waals surface area contributed by atoms with Crippen molar-refractivity contribution < 1.29 is 14.4 Å². The number of aliphatic hydroxyl groups excluding tert-OH is 1. The van der Waals surface area contributed by atoms with Crippen LogP contribution in [-0.4, -0.2) is 33.3 Å². The van der Waals surface area contributed by atoms with Crippen molar-refractivity contribution >= 4 is 16.8 Å². The first kappa shape index (κ1) is 16.7. The second-order valence-corrected chi connectivity index (χ2v) is 6.35. The van der Waals surface area contributed by atoms with Gasteiger partial charge in [-0.05, 0) is 31.9 Å². The largest absolute Gasteiger partial charge is 0.419 e. The molecule has 0 spiro atoms. The van der Waals surface area contributed by atoms with Gasteiger partial charge in [0.25, 0.3) is 5.69 Å². The number of rotatable bonds is 7. The minimum atomic E-state index is -0.511. The van der Waals surface area contributed by atoms with Crippen LogP contribution in [0.3, 0.4) is 0 Å². The summed E-state index contributed by atoms with van der Waals surface area (Å²) in [6.07, 6.45) is 4.82. The predicted octanol–water partition coefficient (Wildman–Crippen LogP) is 1.79. The van der Waals surface area contributed by atoms with Crippen LogP contribution in [0.2, 0.25) is 0 Å². The fraction of sp³-hybridized carbons (Fsp3) is 0.562. The van der Waals surface area contributed by atoms with Crippen LogP contribution in [0.1, 0.15) is 32.1 Å². The van der Waals surface area contributed by atoms with Crippen LogP contribution in [0, 0.1) is 10.1 Å². The summed E-state index contributed by atoms with van der Waals surface area (Å²) in [5, 5.41) is 23.9. The molecule has 0 saturated heterocycles. The van der Waals surface area contributed by atoms with Crippen molar-refractivity contribution in [2.45, 2.75) is 44.2 Å². The van der Waals surface area contributed by atoms with Crippen molar-refractivity contribution in [2.24, 2.45) is 0 Å². The van der Waals surface area contributed by atoms with Crippen LogP contribution in [0.15, 0.2) is 27.4 Å². The number of nitrogens with zero attached hydrogens (tertiary/aromatic N) is 2. The molecule has 1 aromatic carbocycles.